The molecule has 166 valence electrons. The summed E-state index contributed by atoms with van der Waals surface area (Å²) in [6.07, 6.45) is 1.51. The first kappa shape index (κ1) is 22.8. The Morgan fingerprint density at radius 2 is 1.97 bits per heavy atom. The van der Waals surface area contributed by atoms with Gasteiger partial charge in [0, 0.05) is 29.4 Å². The normalized spacial score (nSPS) is 12.4. The minimum Gasteiger partial charge on any atom is -0.451 e. The molecule has 2 aromatic heterocycles. The molecule has 0 aliphatic carbocycles. The van der Waals surface area contributed by atoms with E-state index in [1.54, 1.807) is 20.1 Å². The number of carbonyl (C=O) groups excluding carboxylic acids is 2. The van der Waals surface area contributed by atoms with Crippen molar-refractivity contribution in [1.29, 1.82) is 5.26 Å². The minimum atomic E-state index is -0.718. The van der Waals surface area contributed by atoms with Crippen LogP contribution in [0.1, 0.15) is 46.0 Å². The summed E-state index contributed by atoms with van der Waals surface area (Å²) < 4.78 is 12.9. The second kappa shape index (κ2) is 9.54. The molecule has 0 spiro atoms. The largest absolute Gasteiger partial charge is 0.451 e. The van der Waals surface area contributed by atoms with Crippen molar-refractivity contribution in [1.82, 2.24) is 15.4 Å². The SMILES string of the molecule is COCC(C)n1c(C)cc(/C=C(\C#N)C(=O)NNC(=O)c2oc3ccccc3c2C)c1C. The number of nitrogens with zero attached hydrogens (tertiary/aromatic N) is 2. The Kier molecular flexibility index (Phi) is 6.81. The van der Waals surface area contributed by atoms with Crippen LogP contribution in [-0.2, 0) is 9.53 Å². The van der Waals surface area contributed by atoms with Gasteiger partial charge in [0.25, 0.3) is 5.91 Å². The van der Waals surface area contributed by atoms with E-state index in [4.69, 9.17) is 9.15 Å². The molecule has 8 heteroatoms. The van der Waals surface area contributed by atoms with Crippen LogP contribution < -0.4 is 10.9 Å². The third-order valence-corrected chi connectivity index (χ3v) is 5.38. The third kappa shape index (κ3) is 4.43. The fourth-order valence-electron chi connectivity index (χ4n) is 3.88. The highest BCUT2D eigenvalue weighted by molar-refractivity contribution is 6.04. The van der Waals surface area contributed by atoms with Crippen molar-refractivity contribution in [3.63, 3.8) is 0 Å². The highest BCUT2D eigenvalue weighted by Crippen LogP contribution is 2.25. The van der Waals surface area contributed by atoms with Gasteiger partial charge in [-0.25, -0.2) is 0 Å². The molecule has 3 rings (SSSR count). The molecule has 1 unspecified atom stereocenters. The van der Waals surface area contributed by atoms with Crippen molar-refractivity contribution in [2.24, 2.45) is 0 Å². The topological polar surface area (TPSA) is 109 Å². The number of hydrogen-bond donors (Lipinski definition) is 2. The summed E-state index contributed by atoms with van der Waals surface area (Å²) >= 11 is 0. The van der Waals surface area contributed by atoms with Gasteiger partial charge in [0.15, 0.2) is 5.76 Å². The molecule has 0 saturated carbocycles. The molecule has 2 amide bonds. The summed E-state index contributed by atoms with van der Waals surface area (Å²) in [5.41, 5.74) is 8.38. The summed E-state index contributed by atoms with van der Waals surface area (Å²) in [7, 11) is 1.64. The van der Waals surface area contributed by atoms with Crippen LogP contribution in [0.4, 0.5) is 0 Å². The monoisotopic (exact) mass is 434 g/mol. The van der Waals surface area contributed by atoms with Crippen molar-refractivity contribution < 1.29 is 18.7 Å². The molecule has 0 bridgehead atoms. The molecule has 8 nitrogen and oxygen atoms in total. The van der Waals surface area contributed by atoms with Crippen molar-refractivity contribution in [2.45, 2.75) is 33.7 Å². The Bertz CT molecular complexity index is 1240. The van der Waals surface area contributed by atoms with E-state index in [-0.39, 0.29) is 17.4 Å². The Balaban J connectivity index is 1.76. The number of benzene rings is 1. The van der Waals surface area contributed by atoms with E-state index in [0.29, 0.717) is 17.8 Å². The lowest BCUT2D eigenvalue weighted by molar-refractivity contribution is -0.117. The van der Waals surface area contributed by atoms with Gasteiger partial charge in [-0.05, 0) is 51.5 Å². The standard InChI is InChI=1S/C24H26N4O4/c1-14-10-18(17(4)28(14)15(2)13-31-5)11-19(12-25)23(29)26-27-24(30)22-16(3)20-8-6-7-9-21(20)32-22/h6-11,15H,13H2,1-5H3,(H,26,29)(H,27,30)/b19-11+. The zero-order valence-electron chi connectivity index (χ0n) is 18.8. The van der Waals surface area contributed by atoms with Crippen LogP contribution >= 0.6 is 0 Å². The maximum atomic E-state index is 12.5. The summed E-state index contributed by atoms with van der Waals surface area (Å²) in [5, 5.41) is 10.3. The number of fused-ring (bicyclic) bond motifs is 1. The Labute approximate surface area is 186 Å². The summed E-state index contributed by atoms with van der Waals surface area (Å²) in [6.45, 7) is 8.22. The molecule has 1 atom stereocenters. The van der Waals surface area contributed by atoms with E-state index in [1.165, 1.54) is 6.08 Å². The van der Waals surface area contributed by atoms with E-state index in [9.17, 15) is 14.9 Å². The lowest BCUT2D eigenvalue weighted by Crippen LogP contribution is -2.42. The smallest absolute Gasteiger partial charge is 0.305 e. The fourth-order valence-corrected chi connectivity index (χ4v) is 3.88. The lowest BCUT2D eigenvalue weighted by atomic mass is 10.1. The van der Waals surface area contributed by atoms with Gasteiger partial charge in [-0.2, -0.15) is 5.26 Å². The number of nitrogens with one attached hydrogen (secondary N) is 2. The van der Waals surface area contributed by atoms with E-state index in [0.717, 1.165) is 22.3 Å². The van der Waals surface area contributed by atoms with Crippen LogP contribution in [0, 0.1) is 32.1 Å². The maximum absolute atomic E-state index is 12.5. The maximum Gasteiger partial charge on any atom is 0.305 e. The number of aryl methyl sites for hydroxylation is 2. The minimum absolute atomic E-state index is 0.102. The molecule has 0 radical (unpaired) electrons. The second-order valence-electron chi connectivity index (χ2n) is 7.63. The number of furan rings is 1. The van der Waals surface area contributed by atoms with Crippen LogP contribution in [0.5, 0.6) is 0 Å². The molecule has 2 N–H and O–H groups in total. The highest BCUT2D eigenvalue weighted by Gasteiger charge is 2.19. The Hall–Kier alpha value is -3.83. The number of amides is 2. The lowest BCUT2D eigenvalue weighted by Gasteiger charge is -2.17. The molecule has 2 heterocycles. The number of methoxy groups -OCH3 is 1. The van der Waals surface area contributed by atoms with E-state index in [1.807, 2.05) is 51.1 Å². The van der Waals surface area contributed by atoms with Gasteiger partial charge in [-0.1, -0.05) is 18.2 Å². The summed E-state index contributed by atoms with van der Waals surface area (Å²) in [4.78, 5) is 25.0. The van der Waals surface area contributed by atoms with Crippen molar-refractivity contribution in [2.75, 3.05) is 13.7 Å². The van der Waals surface area contributed by atoms with Gasteiger partial charge >= 0.3 is 5.91 Å². The van der Waals surface area contributed by atoms with Gasteiger partial charge in [-0.3, -0.25) is 20.4 Å². The first-order chi connectivity index (χ1) is 15.3. The quantitative estimate of drug-likeness (QED) is 0.349. The average molecular weight is 434 g/mol. The average Bonchev–Trinajstić information content (AvgIpc) is 3.26. The summed E-state index contributed by atoms with van der Waals surface area (Å²) in [6, 6.07) is 11.2. The first-order valence-electron chi connectivity index (χ1n) is 10.2. The predicted octanol–water partition coefficient (Wildman–Crippen LogP) is 3.74. The van der Waals surface area contributed by atoms with Gasteiger partial charge < -0.3 is 13.7 Å². The molecular weight excluding hydrogens is 408 g/mol. The molecule has 0 aliphatic rings. The predicted molar refractivity (Wildman–Crippen MR) is 121 cm³/mol. The molecule has 3 aromatic rings. The fraction of sp³-hybridized carbons (Fsp3) is 0.292. The number of hydrogen-bond acceptors (Lipinski definition) is 5. The van der Waals surface area contributed by atoms with E-state index in [2.05, 4.69) is 15.4 Å². The number of hydrazine groups is 1. The molecule has 0 fully saturated rings. The molecule has 0 aliphatic heterocycles. The van der Waals surface area contributed by atoms with Gasteiger partial charge in [0.1, 0.15) is 17.2 Å². The second-order valence-corrected chi connectivity index (χ2v) is 7.63. The first-order valence-corrected chi connectivity index (χ1v) is 10.2. The Morgan fingerprint density at radius 3 is 2.62 bits per heavy atom. The van der Waals surface area contributed by atoms with E-state index < -0.39 is 11.8 Å². The number of nitriles is 1. The third-order valence-electron chi connectivity index (χ3n) is 5.38. The molecule has 32 heavy (non-hydrogen) atoms. The molecular formula is C24H26N4O4. The molecule has 0 saturated heterocycles. The highest BCUT2D eigenvalue weighted by atomic mass is 16.5. The summed E-state index contributed by atoms with van der Waals surface area (Å²) in [5.74, 6) is -1.22. The number of rotatable bonds is 6. The van der Waals surface area contributed by atoms with Gasteiger partial charge in [0.05, 0.1) is 12.6 Å². The number of carbonyl (C=O) groups is 2. The molecule has 1 aromatic carbocycles. The number of para-hydroxylation sites is 1. The van der Waals surface area contributed by atoms with Crippen molar-refractivity contribution in [3.8, 4) is 6.07 Å². The number of ether oxygens (including phenoxy) is 1. The van der Waals surface area contributed by atoms with Crippen molar-refractivity contribution in [3.05, 3.63) is 64.2 Å². The Morgan fingerprint density at radius 1 is 1.25 bits per heavy atom. The van der Waals surface area contributed by atoms with Gasteiger partial charge in [0.2, 0.25) is 0 Å². The van der Waals surface area contributed by atoms with Crippen LogP contribution in [0.15, 0.2) is 40.3 Å². The van der Waals surface area contributed by atoms with Crippen LogP contribution in [-0.4, -0.2) is 30.1 Å². The van der Waals surface area contributed by atoms with Crippen LogP contribution in [0.2, 0.25) is 0 Å². The van der Waals surface area contributed by atoms with Crippen LogP contribution in [0.25, 0.3) is 17.0 Å². The number of aromatic nitrogens is 1. The zero-order chi connectivity index (χ0) is 23.4. The van der Waals surface area contributed by atoms with Crippen LogP contribution in [0.3, 0.4) is 0 Å². The zero-order valence-corrected chi connectivity index (χ0v) is 18.8. The van der Waals surface area contributed by atoms with Gasteiger partial charge in [-0.15, -0.1) is 0 Å². The van der Waals surface area contributed by atoms with Crippen molar-refractivity contribution >= 4 is 28.9 Å². The van der Waals surface area contributed by atoms with E-state index >= 15 is 0 Å².